The van der Waals surface area contributed by atoms with Gasteiger partial charge in [0.2, 0.25) is 11.8 Å². The fourth-order valence-electron chi connectivity index (χ4n) is 2.52. The van der Waals surface area contributed by atoms with Crippen LogP contribution >= 0.6 is 27.7 Å². The van der Waals surface area contributed by atoms with E-state index in [1.54, 1.807) is 43.4 Å². The van der Waals surface area contributed by atoms with E-state index in [2.05, 4.69) is 26.2 Å². The van der Waals surface area contributed by atoms with E-state index in [1.165, 1.54) is 17.0 Å². The topological polar surface area (TPSA) is 61.8 Å². The van der Waals surface area contributed by atoms with Crippen LogP contribution in [0.25, 0.3) is 0 Å². The van der Waals surface area contributed by atoms with Gasteiger partial charge in [-0.15, -0.1) is 0 Å². The second kappa shape index (κ2) is 8.01. The number of anilines is 2. The van der Waals surface area contributed by atoms with Crippen molar-refractivity contribution in [3.63, 3.8) is 0 Å². The first-order valence-corrected chi connectivity index (χ1v) is 9.43. The number of carbonyl (C=O) groups is 2. The predicted molar refractivity (Wildman–Crippen MR) is 106 cm³/mol. The third-order valence-corrected chi connectivity index (χ3v) is 5.41. The number of rotatable bonds is 3. The van der Waals surface area contributed by atoms with Gasteiger partial charge in [-0.3, -0.25) is 14.6 Å². The molecule has 134 valence electrons. The first kappa shape index (κ1) is 18.6. The highest BCUT2D eigenvalue weighted by atomic mass is 79.9. The van der Waals surface area contributed by atoms with E-state index in [1.807, 2.05) is 0 Å². The summed E-state index contributed by atoms with van der Waals surface area (Å²) in [6, 6.07) is 12.9. The molecule has 0 radical (unpaired) electrons. The number of halogens is 2. The molecule has 1 atom stereocenters. The lowest BCUT2D eigenvalue weighted by Gasteiger charge is -2.15. The summed E-state index contributed by atoms with van der Waals surface area (Å²) < 4.78 is 14.2. The van der Waals surface area contributed by atoms with Crippen LogP contribution in [0.15, 0.2) is 58.0 Å². The molecule has 3 rings (SSSR count). The van der Waals surface area contributed by atoms with E-state index >= 15 is 0 Å². The summed E-state index contributed by atoms with van der Waals surface area (Å²) in [4.78, 5) is 30.3. The maximum atomic E-state index is 13.3. The maximum absolute atomic E-state index is 13.3. The van der Waals surface area contributed by atoms with Crippen molar-refractivity contribution in [3.8, 4) is 0 Å². The second-order valence-electron chi connectivity index (χ2n) is 5.52. The van der Waals surface area contributed by atoms with Crippen molar-refractivity contribution in [1.29, 1.82) is 0 Å². The van der Waals surface area contributed by atoms with Gasteiger partial charge in [-0.1, -0.05) is 33.8 Å². The molecular weight excluding hydrogens is 421 g/mol. The smallest absolute Gasteiger partial charge is 0.247 e. The Labute approximate surface area is 162 Å². The van der Waals surface area contributed by atoms with Crippen LogP contribution in [0.1, 0.15) is 6.42 Å². The Morgan fingerprint density at radius 1 is 1.27 bits per heavy atom. The largest absolute Gasteiger partial charge is 0.335 e. The Hall–Kier alpha value is -2.19. The van der Waals surface area contributed by atoms with E-state index in [-0.39, 0.29) is 24.1 Å². The number of amides is 2. The molecule has 1 aliphatic heterocycles. The number of hydrogen-bond donors (Lipinski definition) is 1. The van der Waals surface area contributed by atoms with E-state index in [4.69, 9.17) is 0 Å². The van der Waals surface area contributed by atoms with Crippen molar-refractivity contribution < 1.29 is 14.0 Å². The van der Waals surface area contributed by atoms with Crippen LogP contribution in [0.3, 0.4) is 0 Å². The van der Waals surface area contributed by atoms with Crippen molar-refractivity contribution in [3.05, 3.63) is 58.8 Å². The van der Waals surface area contributed by atoms with Gasteiger partial charge in [0.25, 0.3) is 0 Å². The summed E-state index contributed by atoms with van der Waals surface area (Å²) >= 11 is 4.49. The van der Waals surface area contributed by atoms with Gasteiger partial charge in [-0.2, -0.15) is 0 Å². The van der Waals surface area contributed by atoms with Gasteiger partial charge in [-0.05, 0) is 42.5 Å². The molecule has 0 bridgehead atoms. The van der Waals surface area contributed by atoms with Crippen LogP contribution in [0.2, 0.25) is 0 Å². The molecule has 1 heterocycles. The van der Waals surface area contributed by atoms with Crippen LogP contribution < -0.4 is 10.2 Å². The van der Waals surface area contributed by atoms with Crippen molar-refractivity contribution >= 4 is 56.0 Å². The maximum Gasteiger partial charge on any atom is 0.247 e. The number of amidine groups is 1. The molecule has 1 saturated heterocycles. The number of hydrogen-bond acceptors (Lipinski definition) is 4. The minimum atomic E-state index is -0.578. The zero-order chi connectivity index (χ0) is 18.7. The van der Waals surface area contributed by atoms with Gasteiger partial charge in [0.05, 0.1) is 5.69 Å². The lowest BCUT2D eigenvalue weighted by molar-refractivity contribution is -0.121. The Morgan fingerprint density at radius 2 is 2.00 bits per heavy atom. The average Bonchev–Trinajstić information content (AvgIpc) is 2.89. The Morgan fingerprint density at radius 3 is 2.65 bits per heavy atom. The molecule has 2 aromatic rings. The van der Waals surface area contributed by atoms with Crippen LogP contribution in [-0.4, -0.2) is 29.3 Å². The summed E-state index contributed by atoms with van der Waals surface area (Å²) in [5, 5.41) is 2.84. The van der Waals surface area contributed by atoms with Gasteiger partial charge in [-0.25, -0.2) is 9.29 Å². The van der Waals surface area contributed by atoms with Crippen LogP contribution in [0.4, 0.5) is 15.8 Å². The molecule has 2 amide bonds. The standard InChI is InChI=1S/C18H15BrFN3O2S/c1-21-18(22-13-4-2-3-12(20)9-13)26-15-10-16(24)23(17(15)25)14-7-5-11(19)6-8-14/h2-9,15H,10H2,1H3,(H,21,22). The highest BCUT2D eigenvalue weighted by Crippen LogP contribution is 2.31. The lowest BCUT2D eigenvalue weighted by atomic mass is 10.3. The highest BCUT2D eigenvalue weighted by molar-refractivity contribution is 9.10. The quantitative estimate of drug-likeness (QED) is 0.448. The molecule has 1 aliphatic rings. The normalized spacial score (nSPS) is 17.7. The van der Waals surface area contributed by atoms with Gasteiger partial charge >= 0.3 is 0 Å². The van der Waals surface area contributed by atoms with Crippen molar-refractivity contribution in [2.75, 3.05) is 17.3 Å². The first-order valence-electron chi connectivity index (χ1n) is 7.76. The Balaban J connectivity index is 1.72. The van der Waals surface area contributed by atoms with E-state index in [0.717, 1.165) is 16.2 Å². The molecule has 1 unspecified atom stereocenters. The van der Waals surface area contributed by atoms with Gasteiger partial charge < -0.3 is 5.32 Å². The number of benzene rings is 2. The summed E-state index contributed by atoms with van der Waals surface area (Å²) in [7, 11) is 1.57. The molecule has 0 aromatic heterocycles. The molecule has 5 nitrogen and oxygen atoms in total. The molecule has 8 heteroatoms. The molecule has 0 saturated carbocycles. The lowest BCUT2D eigenvalue weighted by Crippen LogP contribution is -2.31. The number of aliphatic imine (C=N–C) groups is 1. The molecule has 0 spiro atoms. The van der Waals surface area contributed by atoms with E-state index in [9.17, 15) is 14.0 Å². The summed E-state index contributed by atoms with van der Waals surface area (Å²) in [6.45, 7) is 0. The van der Waals surface area contributed by atoms with Crippen LogP contribution in [0.5, 0.6) is 0 Å². The number of nitrogens with zero attached hydrogens (tertiary/aromatic N) is 2. The molecular formula is C18H15BrFN3O2S. The molecule has 1 N–H and O–H groups in total. The van der Waals surface area contributed by atoms with Crippen molar-refractivity contribution in [2.24, 2.45) is 4.99 Å². The average molecular weight is 436 g/mol. The first-order chi connectivity index (χ1) is 12.5. The minimum absolute atomic E-state index is 0.0867. The molecule has 2 aromatic carbocycles. The van der Waals surface area contributed by atoms with Gasteiger partial charge in [0, 0.05) is 23.6 Å². The fraction of sp³-hybridized carbons (Fsp3) is 0.167. The van der Waals surface area contributed by atoms with Gasteiger partial charge in [0.15, 0.2) is 5.17 Å². The van der Waals surface area contributed by atoms with E-state index in [0.29, 0.717) is 16.5 Å². The molecule has 26 heavy (non-hydrogen) atoms. The molecule has 1 fully saturated rings. The summed E-state index contributed by atoms with van der Waals surface area (Å²) in [5.41, 5.74) is 1.07. The van der Waals surface area contributed by atoms with Crippen molar-refractivity contribution in [1.82, 2.24) is 0 Å². The summed E-state index contributed by atoms with van der Waals surface area (Å²) in [5.74, 6) is -0.912. The third-order valence-electron chi connectivity index (χ3n) is 3.72. The van der Waals surface area contributed by atoms with Crippen LogP contribution in [-0.2, 0) is 9.59 Å². The zero-order valence-electron chi connectivity index (χ0n) is 13.8. The number of nitrogens with one attached hydrogen (secondary N) is 1. The Bertz CT molecular complexity index is 873. The monoisotopic (exact) mass is 435 g/mol. The second-order valence-corrected chi connectivity index (χ2v) is 7.63. The zero-order valence-corrected chi connectivity index (χ0v) is 16.2. The van der Waals surface area contributed by atoms with Crippen molar-refractivity contribution in [2.45, 2.75) is 11.7 Å². The minimum Gasteiger partial charge on any atom is -0.335 e. The van der Waals surface area contributed by atoms with Crippen LogP contribution in [0, 0.1) is 5.82 Å². The SMILES string of the molecule is CN=C(Nc1cccc(F)c1)SC1CC(=O)N(c2ccc(Br)cc2)C1=O. The third kappa shape index (κ3) is 4.13. The summed E-state index contributed by atoms with van der Waals surface area (Å²) in [6.07, 6.45) is 0.0867. The Kier molecular flexibility index (Phi) is 5.73. The number of carbonyl (C=O) groups excluding carboxylic acids is 2. The molecule has 0 aliphatic carbocycles. The number of thioether (sulfide) groups is 1. The van der Waals surface area contributed by atoms with E-state index < -0.39 is 5.25 Å². The number of imide groups is 1. The van der Waals surface area contributed by atoms with Gasteiger partial charge in [0.1, 0.15) is 11.1 Å². The predicted octanol–water partition coefficient (Wildman–Crippen LogP) is 4.05. The highest BCUT2D eigenvalue weighted by Gasteiger charge is 2.40. The fourth-order valence-corrected chi connectivity index (χ4v) is 3.77.